The molecule has 5 aromatic heterocycles. The van der Waals surface area contributed by atoms with Gasteiger partial charge in [-0.3, -0.25) is 9.13 Å². The molecule has 0 saturated carbocycles. The van der Waals surface area contributed by atoms with Gasteiger partial charge in [0, 0.05) is 60.0 Å². The van der Waals surface area contributed by atoms with Crippen molar-refractivity contribution in [3.05, 3.63) is 297 Å². The lowest BCUT2D eigenvalue weighted by atomic mass is 10.1. The molecule has 17 aromatic rings. The Hall–Kier alpha value is -10.9. The maximum atomic E-state index is 5.71. The van der Waals surface area contributed by atoms with Gasteiger partial charge in [-0.1, -0.05) is 231 Å². The monoisotopic (exact) mass is 1080 g/mol. The second kappa shape index (κ2) is 18.6. The molecule has 7 nitrogen and oxygen atoms in total. The number of hydrogen-bond donors (Lipinski definition) is 0. The molecule has 0 amide bonds. The van der Waals surface area contributed by atoms with Crippen molar-refractivity contribution in [3.8, 4) is 34.7 Å². The lowest BCUT2D eigenvalue weighted by Gasteiger charge is -2.34. The molecule has 0 fully saturated rings. The van der Waals surface area contributed by atoms with Crippen molar-refractivity contribution in [2.75, 3.05) is 0 Å². The van der Waals surface area contributed by atoms with Gasteiger partial charge in [0.05, 0.1) is 44.1 Å². The van der Waals surface area contributed by atoms with Crippen molar-refractivity contribution in [3.63, 3.8) is 0 Å². The van der Waals surface area contributed by atoms with E-state index in [-0.39, 0.29) is 0 Å². The summed E-state index contributed by atoms with van der Waals surface area (Å²) < 4.78 is 9.27. The molecule has 0 N–H and O–H groups in total. The maximum absolute atomic E-state index is 5.71. The third-order valence-corrected chi connectivity index (χ3v) is 22.0. The number of benzene rings is 12. The quantitative estimate of drug-likeness (QED) is 0.107. The van der Waals surface area contributed by atoms with E-state index in [9.17, 15) is 0 Å². The Balaban J connectivity index is 0.947. The van der Waals surface area contributed by atoms with Gasteiger partial charge in [-0.15, -0.1) is 0 Å². The molecule has 0 aliphatic rings. The largest absolute Gasteiger partial charge is 0.309 e. The van der Waals surface area contributed by atoms with Gasteiger partial charge in [0.1, 0.15) is 0 Å². The molecular formula is C75H49N7Si. The predicted molar refractivity (Wildman–Crippen MR) is 346 cm³/mol. The first kappa shape index (κ1) is 46.9. The van der Waals surface area contributed by atoms with E-state index in [2.05, 4.69) is 316 Å². The molecule has 5 heterocycles. The van der Waals surface area contributed by atoms with Crippen LogP contribution in [-0.2, 0) is 0 Å². The van der Waals surface area contributed by atoms with E-state index < -0.39 is 8.07 Å². The second-order valence-corrected chi connectivity index (χ2v) is 25.3. The van der Waals surface area contributed by atoms with Crippen LogP contribution in [0.4, 0.5) is 0 Å². The fourth-order valence-electron chi connectivity index (χ4n) is 13.7. The van der Waals surface area contributed by atoms with E-state index in [1.54, 1.807) is 0 Å². The summed E-state index contributed by atoms with van der Waals surface area (Å²) in [7, 11) is -2.96. The van der Waals surface area contributed by atoms with Crippen LogP contribution in [0.3, 0.4) is 0 Å². The van der Waals surface area contributed by atoms with Gasteiger partial charge in [-0.05, 0) is 87.5 Å². The Morgan fingerprint density at radius 1 is 0.217 bits per heavy atom. The number of hydrogen-bond acceptors (Lipinski definition) is 3. The molecule has 0 radical (unpaired) electrons. The van der Waals surface area contributed by atoms with E-state index in [1.165, 1.54) is 42.3 Å². The van der Waals surface area contributed by atoms with Crippen molar-refractivity contribution in [2.24, 2.45) is 0 Å². The molecule has 388 valence electrons. The molecule has 83 heavy (non-hydrogen) atoms. The maximum Gasteiger partial charge on any atom is 0.240 e. The number of aromatic nitrogens is 7. The summed E-state index contributed by atoms with van der Waals surface area (Å²) in [4.78, 5) is 17.1. The minimum atomic E-state index is -2.96. The van der Waals surface area contributed by atoms with Crippen molar-refractivity contribution < 1.29 is 0 Å². The Kier molecular flexibility index (Phi) is 10.5. The summed E-state index contributed by atoms with van der Waals surface area (Å²) in [5.41, 5.74) is 11.6. The lowest BCUT2D eigenvalue weighted by Crippen LogP contribution is -2.74. The predicted octanol–water partition coefficient (Wildman–Crippen LogP) is 15.3. The van der Waals surface area contributed by atoms with Crippen LogP contribution in [0.15, 0.2) is 297 Å². The average molecular weight is 1080 g/mol. The minimum Gasteiger partial charge on any atom is -0.309 e. The first-order chi connectivity index (χ1) is 41.2. The lowest BCUT2D eigenvalue weighted by molar-refractivity contribution is 0.892. The number of fused-ring (bicyclic) bond motifs is 12. The van der Waals surface area contributed by atoms with Gasteiger partial charge in [0.2, 0.25) is 11.9 Å². The van der Waals surface area contributed by atoms with Gasteiger partial charge in [0.15, 0.2) is 13.9 Å². The highest BCUT2D eigenvalue weighted by Gasteiger charge is 2.41. The van der Waals surface area contributed by atoms with Crippen molar-refractivity contribution >= 4 is 116 Å². The zero-order valence-electron chi connectivity index (χ0n) is 44.9. The van der Waals surface area contributed by atoms with Crippen LogP contribution < -0.4 is 20.7 Å². The third kappa shape index (κ3) is 7.06. The van der Waals surface area contributed by atoms with Crippen LogP contribution in [0.25, 0.3) is 122 Å². The smallest absolute Gasteiger partial charge is 0.240 e. The van der Waals surface area contributed by atoms with E-state index in [0.717, 1.165) is 82.6 Å². The summed E-state index contributed by atoms with van der Waals surface area (Å²) in [5, 5.41) is 14.4. The van der Waals surface area contributed by atoms with Crippen molar-refractivity contribution in [1.29, 1.82) is 0 Å². The summed E-state index contributed by atoms with van der Waals surface area (Å²) >= 11 is 0. The van der Waals surface area contributed by atoms with E-state index in [4.69, 9.17) is 15.0 Å². The molecule has 0 unspecified atom stereocenters. The number of para-hydroxylation sites is 6. The van der Waals surface area contributed by atoms with Crippen LogP contribution in [0.1, 0.15) is 0 Å². The highest BCUT2D eigenvalue weighted by Crippen LogP contribution is 2.40. The fraction of sp³-hybridized carbons (Fsp3) is 0. The van der Waals surface area contributed by atoms with Crippen LogP contribution in [0.5, 0.6) is 0 Å². The highest BCUT2D eigenvalue weighted by atomic mass is 28.3. The van der Waals surface area contributed by atoms with Gasteiger partial charge < -0.3 is 9.13 Å². The first-order valence-electron chi connectivity index (χ1n) is 28.3. The first-order valence-corrected chi connectivity index (χ1v) is 30.3. The van der Waals surface area contributed by atoms with E-state index >= 15 is 0 Å². The molecule has 12 aromatic carbocycles. The SMILES string of the molecule is c1ccc([Si](c2ccccc2)(c2ccccc2)c2cccc(-c3nc(-n4c5ccccc5c5cc(-n6c7ccccc7c7ccccc76)ccc54)nc(-n4c5ccccc5c5ccc(-n6c7ccccc7c7ccccc76)cc54)n3)c2)cc1. The Morgan fingerprint density at radius 2 is 0.554 bits per heavy atom. The van der Waals surface area contributed by atoms with Crippen molar-refractivity contribution in [1.82, 2.24) is 33.2 Å². The van der Waals surface area contributed by atoms with Crippen LogP contribution >= 0.6 is 0 Å². The summed E-state index contributed by atoms with van der Waals surface area (Å²) in [6, 6.07) is 108. The molecule has 8 heteroatoms. The second-order valence-electron chi connectivity index (χ2n) is 21.5. The van der Waals surface area contributed by atoms with Gasteiger partial charge in [-0.2, -0.15) is 15.0 Å². The minimum absolute atomic E-state index is 0.520. The topological polar surface area (TPSA) is 58.4 Å². The van der Waals surface area contributed by atoms with Crippen LogP contribution in [0.2, 0.25) is 0 Å². The molecule has 0 saturated heterocycles. The standard InChI is InChI=1S/C75H49N7Si/c1-4-24-53(25-5-1)83(54-26-6-2-7-27-54,55-28-8-3-9-29-55)56-30-22-23-50(47-56)73-76-74(81-70-42-21-15-36-62(70)64-48-51(44-46-71(64)81)79-65-37-16-10-31-57(65)58-32-11-17-38-66(58)79)78-75(77-73)82-69-41-20-14-35-61(69)63-45-43-52(49-72(63)82)80-67-39-18-12-33-59(67)60-34-13-19-40-68(60)80/h1-49H. The number of nitrogens with zero attached hydrogens (tertiary/aromatic N) is 7. The highest BCUT2D eigenvalue weighted by molar-refractivity contribution is 7.19. The molecular weight excluding hydrogens is 1030 g/mol. The summed E-state index contributed by atoms with van der Waals surface area (Å²) in [6.45, 7) is 0. The number of rotatable bonds is 9. The average Bonchev–Trinajstić information content (AvgIpc) is 4.42. The molecule has 0 aliphatic carbocycles. The normalized spacial score (nSPS) is 12.1. The fourth-order valence-corrected chi connectivity index (χ4v) is 18.5. The van der Waals surface area contributed by atoms with Crippen LogP contribution in [-0.4, -0.2) is 41.3 Å². The van der Waals surface area contributed by atoms with Crippen molar-refractivity contribution in [2.45, 2.75) is 0 Å². The third-order valence-electron chi connectivity index (χ3n) is 17.2. The van der Waals surface area contributed by atoms with Gasteiger partial charge in [-0.25, -0.2) is 0 Å². The molecule has 0 bridgehead atoms. The molecule has 0 spiro atoms. The Labute approximate surface area is 478 Å². The van der Waals surface area contributed by atoms with Gasteiger partial charge in [0.25, 0.3) is 0 Å². The van der Waals surface area contributed by atoms with E-state index in [0.29, 0.717) is 17.7 Å². The van der Waals surface area contributed by atoms with E-state index in [1.807, 2.05) is 0 Å². The zero-order valence-corrected chi connectivity index (χ0v) is 45.9. The van der Waals surface area contributed by atoms with Gasteiger partial charge >= 0.3 is 0 Å². The molecule has 0 atom stereocenters. The Morgan fingerprint density at radius 3 is 1.01 bits per heavy atom. The Bertz CT molecular complexity index is 5200. The molecule has 0 aliphatic heterocycles. The summed E-state index contributed by atoms with van der Waals surface area (Å²) in [6.07, 6.45) is 0. The summed E-state index contributed by atoms with van der Waals surface area (Å²) in [5.74, 6) is 1.61. The molecule has 17 rings (SSSR count). The van der Waals surface area contributed by atoms with Crippen LogP contribution in [0, 0.1) is 0 Å². The zero-order chi connectivity index (χ0) is 54.6.